The standard InChI is InChI=1S/C15H11F2N3O4S/c16-12-5-4-11(7-13(12)17)25-8-14(21)18-19-15(22)9-2-1-3-10(6-9)20(23)24/h1-7H,8H2,(H,18,21)(H,19,22). The molecule has 0 bridgehead atoms. The molecule has 0 fully saturated rings. The summed E-state index contributed by atoms with van der Waals surface area (Å²) in [5.41, 5.74) is 3.99. The molecule has 0 atom stereocenters. The van der Waals surface area contributed by atoms with Crippen LogP contribution in [0.15, 0.2) is 47.4 Å². The van der Waals surface area contributed by atoms with Gasteiger partial charge in [-0.15, -0.1) is 11.8 Å². The van der Waals surface area contributed by atoms with Gasteiger partial charge in [0, 0.05) is 22.6 Å². The third kappa shape index (κ3) is 5.24. The van der Waals surface area contributed by atoms with E-state index in [2.05, 4.69) is 10.9 Å². The zero-order chi connectivity index (χ0) is 18.4. The second-order valence-electron chi connectivity index (χ2n) is 4.67. The van der Waals surface area contributed by atoms with Crippen LogP contribution in [-0.4, -0.2) is 22.5 Å². The van der Waals surface area contributed by atoms with Crippen LogP contribution in [0.25, 0.3) is 0 Å². The Morgan fingerprint density at radius 1 is 1.08 bits per heavy atom. The zero-order valence-corrected chi connectivity index (χ0v) is 13.3. The number of nitro benzene ring substituents is 1. The van der Waals surface area contributed by atoms with Crippen molar-refractivity contribution < 1.29 is 23.3 Å². The van der Waals surface area contributed by atoms with Crippen molar-refractivity contribution in [1.29, 1.82) is 0 Å². The van der Waals surface area contributed by atoms with Crippen molar-refractivity contribution in [3.63, 3.8) is 0 Å². The van der Waals surface area contributed by atoms with E-state index in [9.17, 15) is 28.5 Å². The van der Waals surface area contributed by atoms with Crippen molar-refractivity contribution in [2.24, 2.45) is 0 Å². The molecule has 2 aromatic carbocycles. The summed E-state index contributed by atoms with van der Waals surface area (Å²) in [6, 6.07) is 8.20. The number of benzene rings is 2. The fraction of sp³-hybridized carbons (Fsp3) is 0.0667. The summed E-state index contributed by atoms with van der Waals surface area (Å²) in [7, 11) is 0. The maximum absolute atomic E-state index is 13.0. The van der Waals surface area contributed by atoms with E-state index in [4.69, 9.17) is 0 Å². The SMILES string of the molecule is O=C(CSc1ccc(F)c(F)c1)NNC(=O)c1cccc([N+](=O)[O-])c1. The molecule has 0 unspecified atom stereocenters. The molecule has 0 spiro atoms. The van der Waals surface area contributed by atoms with Gasteiger partial charge < -0.3 is 0 Å². The van der Waals surface area contributed by atoms with Crippen LogP contribution in [0.3, 0.4) is 0 Å². The smallest absolute Gasteiger partial charge is 0.270 e. The third-order valence-electron chi connectivity index (χ3n) is 2.90. The van der Waals surface area contributed by atoms with Crippen LogP contribution >= 0.6 is 11.8 Å². The Labute approximate surface area is 144 Å². The van der Waals surface area contributed by atoms with Crippen molar-refractivity contribution >= 4 is 29.3 Å². The molecule has 130 valence electrons. The van der Waals surface area contributed by atoms with Gasteiger partial charge in [0.05, 0.1) is 10.7 Å². The van der Waals surface area contributed by atoms with E-state index < -0.39 is 28.4 Å². The van der Waals surface area contributed by atoms with Crippen LogP contribution < -0.4 is 10.9 Å². The Hall–Kier alpha value is -3.01. The van der Waals surface area contributed by atoms with E-state index in [1.54, 1.807) is 0 Å². The molecule has 0 aliphatic heterocycles. The molecule has 0 aliphatic carbocycles. The third-order valence-corrected chi connectivity index (χ3v) is 3.89. The molecule has 25 heavy (non-hydrogen) atoms. The van der Waals surface area contributed by atoms with E-state index in [0.717, 1.165) is 30.0 Å². The molecule has 2 aromatic rings. The molecule has 0 radical (unpaired) electrons. The van der Waals surface area contributed by atoms with E-state index >= 15 is 0 Å². The Bertz CT molecular complexity index is 832. The fourth-order valence-corrected chi connectivity index (χ4v) is 2.43. The number of carbonyl (C=O) groups is 2. The molecule has 0 aromatic heterocycles. The number of rotatable bonds is 5. The van der Waals surface area contributed by atoms with Crippen molar-refractivity contribution in [3.05, 3.63) is 69.8 Å². The number of nitrogens with zero attached hydrogens (tertiary/aromatic N) is 1. The first-order valence-electron chi connectivity index (χ1n) is 6.78. The van der Waals surface area contributed by atoms with Crippen molar-refractivity contribution in [1.82, 2.24) is 10.9 Å². The highest BCUT2D eigenvalue weighted by Gasteiger charge is 2.12. The zero-order valence-electron chi connectivity index (χ0n) is 12.5. The number of halogens is 2. The van der Waals surface area contributed by atoms with Crippen molar-refractivity contribution in [3.8, 4) is 0 Å². The molecular formula is C15H11F2N3O4S. The summed E-state index contributed by atoms with van der Waals surface area (Å²) in [5.74, 6) is -3.48. The molecule has 2 N–H and O–H groups in total. The maximum atomic E-state index is 13.0. The lowest BCUT2D eigenvalue weighted by Gasteiger charge is -2.07. The second kappa shape index (κ2) is 8.20. The topological polar surface area (TPSA) is 101 Å². The van der Waals surface area contributed by atoms with Gasteiger partial charge in [0.2, 0.25) is 5.91 Å². The molecule has 10 heteroatoms. The molecule has 0 aliphatic rings. The number of nitrogens with one attached hydrogen (secondary N) is 2. The minimum atomic E-state index is -1.02. The summed E-state index contributed by atoms with van der Waals surface area (Å²) in [4.78, 5) is 33.8. The molecule has 0 heterocycles. The summed E-state index contributed by atoms with van der Waals surface area (Å²) < 4.78 is 25.8. The maximum Gasteiger partial charge on any atom is 0.270 e. The Kier molecular flexibility index (Phi) is 6.01. The van der Waals surface area contributed by atoms with Crippen LogP contribution in [0.5, 0.6) is 0 Å². The first-order valence-corrected chi connectivity index (χ1v) is 7.77. The van der Waals surface area contributed by atoms with Gasteiger partial charge in [0.25, 0.3) is 11.6 Å². The normalized spacial score (nSPS) is 10.2. The van der Waals surface area contributed by atoms with Gasteiger partial charge in [-0.05, 0) is 24.3 Å². The molecule has 0 saturated carbocycles. The highest BCUT2D eigenvalue weighted by molar-refractivity contribution is 8.00. The Morgan fingerprint density at radius 2 is 1.84 bits per heavy atom. The lowest BCUT2D eigenvalue weighted by atomic mass is 10.2. The van der Waals surface area contributed by atoms with E-state index in [1.165, 1.54) is 24.3 Å². The van der Waals surface area contributed by atoms with Gasteiger partial charge in [-0.3, -0.25) is 30.6 Å². The average molecular weight is 367 g/mol. The van der Waals surface area contributed by atoms with Crippen LogP contribution in [0, 0.1) is 21.7 Å². The largest absolute Gasteiger partial charge is 0.272 e. The first-order chi connectivity index (χ1) is 11.9. The highest BCUT2D eigenvalue weighted by atomic mass is 32.2. The molecular weight excluding hydrogens is 356 g/mol. The Morgan fingerprint density at radius 3 is 2.52 bits per heavy atom. The van der Waals surface area contributed by atoms with Gasteiger partial charge in [-0.1, -0.05) is 6.07 Å². The minimum Gasteiger partial charge on any atom is -0.272 e. The molecule has 7 nitrogen and oxygen atoms in total. The van der Waals surface area contributed by atoms with E-state index in [0.29, 0.717) is 4.90 Å². The molecule has 0 saturated heterocycles. The van der Waals surface area contributed by atoms with Gasteiger partial charge in [-0.25, -0.2) is 8.78 Å². The monoisotopic (exact) mass is 367 g/mol. The lowest BCUT2D eigenvalue weighted by Crippen LogP contribution is -2.42. The van der Waals surface area contributed by atoms with Crippen molar-refractivity contribution in [2.45, 2.75) is 4.90 Å². The second-order valence-corrected chi connectivity index (χ2v) is 5.72. The first kappa shape index (κ1) is 18.3. The van der Waals surface area contributed by atoms with Crippen LogP contribution in [0.2, 0.25) is 0 Å². The predicted molar refractivity (Wildman–Crippen MR) is 85.8 cm³/mol. The van der Waals surface area contributed by atoms with Gasteiger partial charge in [0.1, 0.15) is 0 Å². The van der Waals surface area contributed by atoms with Crippen LogP contribution in [0.1, 0.15) is 10.4 Å². The van der Waals surface area contributed by atoms with E-state index in [-0.39, 0.29) is 17.0 Å². The van der Waals surface area contributed by atoms with Crippen LogP contribution in [0.4, 0.5) is 14.5 Å². The van der Waals surface area contributed by atoms with Gasteiger partial charge >= 0.3 is 0 Å². The summed E-state index contributed by atoms with van der Waals surface area (Å²) in [6.45, 7) is 0. The van der Waals surface area contributed by atoms with Gasteiger partial charge in [0.15, 0.2) is 11.6 Å². The number of hydrazine groups is 1. The molecule has 2 rings (SSSR count). The van der Waals surface area contributed by atoms with E-state index in [1.807, 2.05) is 0 Å². The number of non-ortho nitro benzene ring substituents is 1. The number of hydrogen-bond donors (Lipinski definition) is 2. The number of nitro groups is 1. The fourth-order valence-electron chi connectivity index (χ4n) is 1.71. The summed E-state index contributed by atoms with van der Waals surface area (Å²) in [5, 5.41) is 10.7. The summed E-state index contributed by atoms with van der Waals surface area (Å²) >= 11 is 0.946. The van der Waals surface area contributed by atoms with Gasteiger partial charge in [-0.2, -0.15) is 0 Å². The number of hydrogen-bond acceptors (Lipinski definition) is 5. The Balaban J connectivity index is 1.85. The number of amides is 2. The number of thioether (sulfide) groups is 1. The van der Waals surface area contributed by atoms with Crippen LogP contribution in [-0.2, 0) is 4.79 Å². The molecule has 2 amide bonds. The lowest BCUT2D eigenvalue weighted by molar-refractivity contribution is -0.384. The highest BCUT2D eigenvalue weighted by Crippen LogP contribution is 2.20. The predicted octanol–water partition coefficient (Wildman–Crippen LogP) is 2.43. The average Bonchev–Trinajstić information content (AvgIpc) is 2.60. The minimum absolute atomic E-state index is 0.00255. The number of carbonyl (C=O) groups excluding carboxylic acids is 2. The quantitative estimate of drug-likeness (QED) is 0.480. The summed E-state index contributed by atoms with van der Waals surface area (Å²) in [6.07, 6.45) is 0. The van der Waals surface area contributed by atoms with Crippen molar-refractivity contribution in [2.75, 3.05) is 5.75 Å².